The van der Waals surface area contributed by atoms with Gasteiger partial charge in [0.1, 0.15) is 11.4 Å². The van der Waals surface area contributed by atoms with Gasteiger partial charge >= 0.3 is 0 Å². The number of carbonyl (C=O) groups excluding carboxylic acids is 2. The molecule has 4 heterocycles. The Bertz CT molecular complexity index is 2190. The maximum absolute atomic E-state index is 13.7. The molecule has 0 atom stereocenters. The summed E-state index contributed by atoms with van der Waals surface area (Å²) >= 11 is 6.24. The van der Waals surface area contributed by atoms with Crippen molar-refractivity contribution in [1.29, 1.82) is 0 Å². The number of hydrogen-bond acceptors (Lipinski definition) is 8. The van der Waals surface area contributed by atoms with Gasteiger partial charge in [0, 0.05) is 60.7 Å². The van der Waals surface area contributed by atoms with Crippen LogP contribution in [-0.4, -0.2) is 61.9 Å². The smallest absolute Gasteiger partial charge is 0.271 e. The van der Waals surface area contributed by atoms with E-state index >= 15 is 0 Å². The van der Waals surface area contributed by atoms with Gasteiger partial charge < -0.3 is 19.5 Å². The lowest BCUT2D eigenvalue weighted by Gasteiger charge is -2.17. The van der Waals surface area contributed by atoms with Gasteiger partial charge in [0.25, 0.3) is 11.5 Å². The number of ketones is 1. The molecule has 6 rings (SSSR count). The lowest BCUT2D eigenvalue weighted by Crippen LogP contribution is -2.25. The molecule has 0 bridgehead atoms. The fourth-order valence-electron chi connectivity index (χ4n) is 5.25. The van der Waals surface area contributed by atoms with E-state index < -0.39 is 0 Å². The van der Waals surface area contributed by atoms with Gasteiger partial charge in [-0.25, -0.2) is 14.5 Å². The first-order valence-corrected chi connectivity index (χ1v) is 14.3. The number of hydrogen-bond donors (Lipinski definition) is 1. The molecule has 0 radical (unpaired) electrons. The molecule has 4 aromatic heterocycles. The van der Waals surface area contributed by atoms with Crippen molar-refractivity contribution in [2.24, 2.45) is 0 Å². The number of fused-ring (bicyclic) bond motifs is 2. The lowest BCUT2D eigenvalue weighted by molar-refractivity contribution is 0.0821. The summed E-state index contributed by atoms with van der Waals surface area (Å²) in [5, 5.41) is 8.78. The van der Waals surface area contributed by atoms with E-state index in [1.54, 1.807) is 74.6 Å². The molecule has 1 amide bonds. The molecule has 0 fully saturated rings. The number of nitrogens with one attached hydrogen (secondary N) is 1. The number of para-hydroxylation sites is 1. The molecular formula is C33H28ClN7O4. The van der Waals surface area contributed by atoms with Crippen molar-refractivity contribution in [3.63, 3.8) is 0 Å². The van der Waals surface area contributed by atoms with Crippen LogP contribution >= 0.6 is 11.6 Å². The fourth-order valence-corrected chi connectivity index (χ4v) is 5.44. The third-order valence-corrected chi connectivity index (χ3v) is 7.54. The van der Waals surface area contributed by atoms with Gasteiger partial charge in [-0.05, 0) is 42.8 Å². The van der Waals surface area contributed by atoms with E-state index in [0.717, 1.165) is 11.1 Å². The van der Waals surface area contributed by atoms with Crippen LogP contribution in [0.15, 0.2) is 84.0 Å². The van der Waals surface area contributed by atoms with Crippen molar-refractivity contribution >= 4 is 51.1 Å². The highest BCUT2D eigenvalue weighted by molar-refractivity contribution is 6.29. The summed E-state index contributed by atoms with van der Waals surface area (Å²) in [6.45, 7) is 1.56. The molecule has 1 N–H and O–H groups in total. The molecule has 226 valence electrons. The molecule has 11 nitrogen and oxygen atoms in total. The van der Waals surface area contributed by atoms with Crippen LogP contribution in [0.4, 0.5) is 11.4 Å². The molecule has 2 aromatic carbocycles. The third kappa shape index (κ3) is 5.61. The zero-order chi connectivity index (χ0) is 31.8. The highest BCUT2D eigenvalue weighted by atomic mass is 35.5. The second-order valence-electron chi connectivity index (χ2n) is 10.6. The summed E-state index contributed by atoms with van der Waals surface area (Å²) in [5.74, 6) is 0.107. The Morgan fingerprint density at radius 2 is 1.82 bits per heavy atom. The van der Waals surface area contributed by atoms with Gasteiger partial charge in [0.05, 0.1) is 30.7 Å². The van der Waals surface area contributed by atoms with Crippen LogP contribution in [0.1, 0.15) is 33.5 Å². The van der Waals surface area contributed by atoms with Crippen LogP contribution in [0.25, 0.3) is 27.5 Å². The number of rotatable bonds is 8. The number of pyridine rings is 2. The first kappa shape index (κ1) is 29.5. The molecule has 0 saturated heterocycles. The number of halogens is 1. The number of amides is 1. The summed E-state index contributed by atoms with van der Waals surface area (Å²) in [6.07, 6.45) is 4.89. The van der Waals surface area contributed by atoms with Crippen LogP contribution in [0.2, 0.25) is 5.15 Å². The van der Waals surface area contributed by atoms with Crippen LogP contribution in [0.3, 0.4) is 0 Å². The number of ether oxygens (including phenoxy) is 1. The topological polar surface area (TPSA) is 124 Å². The Morgan fingerprint density at radius 1 is 1.02 bits per heavy atom. The molecular weight excluding hydrogens is 594 g/mol. The first-order chi connectivity index (χ1) is 21.6. The van der Waals surface area contributed by atoms with Gasteiger partial charge in [0.2, 0.25) is 0 Å². The minimum absolute atomic E-state index is 0.0930. The van der Waals surface area contributed by atoms with E-state index in [2.05, 4.69) is 20.4 Å². The van der Waals surface area contributed by atoms with E-state index in [4.69, 9.17) is 16.3 Å². The van der Waals surface area contributed by atoms with Crippen LogP contribution < -0.4 is 15.6 Å². The number of imidazole rings is 1. The van der Waals surface area contributed by atoms with E-state index in [-0.39, 0.29) is 29.5 Å². The van der Waals surface area contributed by atoms with E-state index in [1.807, 2.05) is 30.3 Å². The molecule has 0 aliphatic carbocycles. The average Bonchev–Trinajstić information content (AvgIpc) is 3.50. The van der Waals surface area contributed by atoms with Crippen molar-refractivity contribution in [3.05, 3.63) is 112 Å². The summed E-state index contributed by atoms with van der Waals surface area (Å²) in [5.41, 5.74) is 4.27. The van der Waals surface area contributed by atoms with E-state index in [0.29, 0.717) is 50.0 Å². The third-order valence-electron chi connectivity index (χ3n) is 7.36. The Kier molecular flexibility index (Phi) is 7.78. The molecule has 0 aliphatic rings. The van der Waals surface area contributed by atoms with Crippen molar-refractivity contribution in [3.8, 4) is 16.9 Å². The molecule has 12 heteroatoms. The Morgan fingerprint density at radius 3 is 2.58 bits per heavy atom. The normalized spacial score (nSPS) is 11.1. The largest absolute Gasteiger partial charge is 0.494 e. The van der Waals surface area contributed by atoms with Gasteiger partial charge in [0.15, 0.2) is 16.6 Å². The van der Waals surface area contributed by atoms with E-state index in [1.165, 1.54) is 16.4 Å². The molecule has 0 saturated carbocycles. The quantitative estimate of drug-likeness (QED) is 0.222. The fraction of sp³-hybridized carbons (Fsp3) is 0.152. The number of carbonyl (C=O) groups is 2. The van der Waals surface area contributed by atoms with Crippen molar-refractivity contribution in [2.75, 3.05) is 26.5 Å². The molecule has 0 unspecified atom stereocenters. The average molecular weight is 622 g/mol. The summed E-state index contributed by atoms with van der Waals surface area (Å²) in [6, 6.07) is 17.8. The molecule has 0 spiro atoms. The molecule has 0 aliphatic heterocycles. The van der Waals surface area contributed by atoms with Crippen molar-refractivity contribution in [1.82, 2.24) is 29.0 Å². The molecule has 6 aromatic rings. The first-order valence-electron chi connectivity index (χ1n) is 13.9. The maximum atomic E-state index is 13.7. The van der Waals surface area contributed by atoms with E-state index in [9.17, 15) is 14.4 Å². The number of methoxy groups -OCH3 is 1. The monoisotopic (exact) mass is 621 g/mol. The Hall–Kier alpha value is -5.55. The molecule has 45 heavy (non-hydrogen) atoms. The predicted octanol–water partition coefficient (Wildman–Crippen LogP) is 5.46. The Labute approximate surface area is 262 Å². The van der Waals surface area contributed by atoms with Crippen molar-refractivity contribution < 1.29 is 14.3 Å². The van der Waals surface area contributed by atoms with Crippen LogP contribution in [-0.2, 0) is 6.54 Å². The predicted molar refractivity (Wildman–Crippen MR) is 173 cm³/mol. The SMILES string of the molecule is COc1c(Nc2cc(Cl)nn3ccnc23)cccc1-c1ccc2c(=O)n(Cc3cccc(C(=O)N(C)C)n3)cc(C(C)=O)c2c1. The van der Waals surface area contributed by atoms with Crippen molar-refractivity contribution in [2.45, 2.75) is 13.5 Å². The minimum Gasteiger partial charge on any atom is -0.494 e. The highest BCUT2D eigenvalue weighted by Gasteiger charge is 2.18. The number of nitrogens with zero attached hydrogens (tertiary/aromatic N) is 6. The van der Waals surface area contributed by atoms with Gasteiger partial charge in [-0.1, -0.05) is 35.9 Å². The maximum Gasteiger partial charge on any atom is 0.271 e. The number of aromatic nitrogens is 5. The lowest BCUT2D eigenvalue weighted by atomic mass is 9.97. The van der Waals surface area contributed by atoms with Gasteiger partial charge in [-0.3, -0.25) is 14.4 Å². The second-order valence-corrected chi connectivity index (χ2v) is 11.0. The van der Waals surface area contributed by atoms with Gasteiger partial charge in [-0.2, -0.15) is 5.10 Å². The second kappa shape index (κ2) is 11.9. The van der Waals surface area contributed by atoms with Crippen LogP contribution in [0.5, 0.6) is 5.75 Å². The summed E-state index contributed by atoms with van der Waals surface area (Å²) < 4.78 is 8.89. The summed E-state index contributed by atoms with van der Waals surface area (Å²) in [7, 11) is 4.87. The zero-order valence-electron chi connectivity index (χ0n) is 24.9. The number of Topliss-reactive ketones (excluding diaryl/α,β-unsaturated/α-hetero) is 1. The van der Waals surface area contributed by atoms with Gasteiger partial charge in [-0.15, -0.1) is 0 Å². The summed E-state index contributed by atoms with van der Waals surface area (Å²) in [4.78, 5) is 49.2. The number of benzene rings is 2. The Balaban J connectivity index is 1.41. The minimum atomic E-state index is -0.284. The number of anilines is 2. The zero-order valence-corrected chi connectivity index (χ0v) is 25.7. The van der Waals surface area contributed by atoms with Crippen LogP contribution in [0, 0.1) is 0 Å². The standard InChI is InChI=1S/C33H28ClN7O4/c1-19(42)25-18-40(17-21-7-5-10-27(36-21)33(44)39(2)3)32(43)23-12-11-20(15-24(23)25)22-8-6-9-26(30(22)45-4)37-28-16-29(34)38-41-14-13-35-31(28)41/h5-16,18,37H,17H2,1-4H3. The highest BCUT2D eigenvalue weighted by Crippen LogP contribution is 2.39.